The van der Waals surface area contributed by atoms with Crippen molar-refractivity contribution < 1.29 is 19.5 Å². The fourth-order valence-corrected chi connectivity index (χ4v) is 4.87. The number of amides is 2. The Hall–Kier alpha value is -2.38. The lowest BCUT2D eigenvalue weighted by Crippen LogP contribution is -2.49. The molecular weight excluding hydrogens is 370 g/mol. The first-order chi connectivity index (χ1) is 14.0. The molecule has 4 rings (SSSR count). The van der Waals surface area contributed by atoms with E-state index in [1.54, 1.807) is 12.6 Å². The van der Waals surface area contributed by atoms with Crippen LogP contribution in [0.3, 0.4) is 0 Å². The molecule has 0 bridgehead atoms. The number of benzene rings is 1. The molecule has 7 nitrogen and oxygen atoms in total. The molecule has 1 saturated heterocycles. The minimum absolute atomic E-state index is 0.00514. The van der Waals surface area contributed by atoms with Gasteiger partial charge in [0.25, 0.3) is 0 Å². The number of nitrogens with zero attached hydrogens (tertiary/aromatic N) is 1. The summed E-state index contributed by atoms with van der Waals surface area (Å²) in [4.78, 5) is 27.3. The van der Waals surface area contributed by atoms with Gasteiger partial charge in [0.2, 0.25) is 11.8 Å². The molecule has 3 N–H and O–H groups in total. The maximum atomic E-state index is 13.2. The van der Waals surface area contributed by atoms with Crippen molar-refractivity contribution in [3.8, 4) is 5.75 Å². The SMILES string of the molecule is COc1ccc(C2=CCN(C(=O)C3CCC4(CN4)CC3C(=O)NO)CC2)c(C)c1. The minimum atomic E-state index is -0.481. The molecule has 2 aliphatic heterocycles. The topological polar surface area (TPSA) is 101 Å². The summed E-state index contributed by atoms with van der Waals surface area (Å²) in [5.74, 6) is -0.430. The number of ether oxygens (including phenoxy) is 1. The van der Waals surface area contributed by atoms with E-state index < -0.39 is 11.8 Å². The molecule has 0 radical (unpaired) electrons. The highest BCUT2D eigenvalue weighted by Gasteiger charge is 2.52. The normalized spacial score (nSPS) is 28.7. The Morgan fingerprint density at radius 1 is 1.34 bits per heavy atom. The van der Waals surface area contributed by atoms with Gasteiger partial charge in [0.05, 0.1) is 13.0 Å². The average molecular weight is 399 g/mol. The summed E-state index contributed by atoms with van der Waals surface area (Å²) >= 11 is 0. The second-order valence-corrected chi connectivity index (χ2v) is 8.51. The fourth-order valence-electron chi connectivity index (χ4n) is 4.87. The van der Waals surface area contributed by atoms with Crippen LogP contribution in [-0.2, 0) is 9.59 Å². The summed E-state index contributed by atoms with van der Waals surface area (Å²) in [6.45, 7) is 4.15. The molecule has 1 spiro atoms. The summed E-state index contributed by atoms with van der Waals surface area (Å²) < 4.78 is 5.28. The van der Waals surface area contributed by atoms with Crippen molar-refractivity contribution in [1.29, 1.82) is 0 Å². The predicted octanol–water partition coefficient (Wildman–Crippen LogP) is 1.88. The molecule has 156 valence electrons. The number of carbonyl (C=O) groups excluding carboxylic acids is 2. The fraction of sp³-hybridized carbons (Fsp3) is 0.545. The Balaban J connectivity index is 1.46. The van der Waals surface area contributed by atoms with Gasteiger partial charge >= 0.3 is 0 Å². The third kappa shape index (κ3) is 3.89. The number of nitrogens with one attached hydrogen (secondary N) is 2. The summed E-state index contributed by atoms with van der Waals surface area (Å²) in [6, 6.07) is 6.06. The van der Waals surface area contributed by atoms with Crippen LogP contribution in [0.2, 0.25) is 0 Å². The molecule has 0 aromatic heterocycles. The molecule has 2 heterocycles. The van der Waals surface area contributed by atoms with Crippen molar-refractivity contribution in [3.63, 3.8) is 0 Å². The van der Waals surface area contributed by atoms with Crippen LogP contribution in [0, 0.1) is 18.8 Å². The van der Waals surface area contributed by atoms with Crippen molar-refractivity contribution >= 4 is 17.4 Å². The van der Waals surface area contributed by atoms with E-state index in [9.17, 15) is 9.59 Å². The average Bonchev–Trinajstić information content (AvgIpc) is 3.51. The Morgan fingerprint density at radius 2 is 2.14 bits per heavy atom. The highest BCUT2D eigenvalue weighted by atomic mass is 16.5. The van der Waals surface area contributed by atoms with Gasteiger partial charge in [0.15, 0.2) is 0 Å². The first-order valence-electron chi connectivity index (χ1n) is 10.3. The lowest BCUT2D eigenvalue weighted by molar-refractivity contribution is -0.147. The van der Waals surface area contributed by atoms with Gasteiger partial charge in [0, 0.05) is 31.1 Å². The van der Waals surface area contributed by atoms with Crippen molar-refractivity contribution in [3.05, 3.63) is 35.4 Å². The number of methoxy groups -OCH3 is 1. The molecule has 29 heavy (non-hydrogen) atoms. The number of aryl methyl sites for hydroxylation is 1. The lowest BCUT2D eigenvalue weighted by atomic mass is 9.72. The zero-order chi connectivity index (χ0) is 20.6. The molecule has 1 aromatic carbocycles. The number of carbonyl (C=O) groups is 2. The standard InChI is InChI=1S/C22H29N3O4/c1-14-11-16(29-2)3-4-17(14)15-6-9-25(10-7-15)21(27)18-5-8-22(13-23-22)12-19(18)20(26)24-28/h3-4,6,11,18-19,23,28H,5,7-10,12-13H2,1-2H3,(H,24,26). The third-order valence-electron chi connectivity index (χ3n) is 6.77. The van der Waals surface area contributed by atoms with Crippen LogP contribution in [-0.4, -0.2) is 54.2 Å². The summed E-state index contributed by atoms with van der Waals surface area (Å²) in [7, 11) is 1.66. The Bertz CT molecular complexity index is 846. The van der Waals surface area contributed by atoms with Crippen molar-refractivity contribution in [2.45, 2.75) is 38.1 Å². The van der Waals surface area contributed by atoms with E-state index in [-0.39, 0.29) is 17.4 Å². The first-order valence-corrected chi connectivity index (χ1v) is 10.3. The molecule has 1 aromatic rings. The van der Waals surface area contributed by atoms with Gasteiger partial charge in [-0.2, -0.15) is 0 Å². The third-order valence-corrected chi connectivity index (χ3v) is 6.77. The quantitative estimate of drug-likeness (QED) is 0.408. The van der Waals surface area contributed by atoms with Crippen LogP contribution < -0.4 is 15.5 Å². The number of hydroxylamine groups is 1. The molecule has 3 aliphatic rings. The number of hydrogen-bond donors (Lipinski definition) is 3. The van der Waals surface area contributed by atoms with E-state index in [1.165, 1.54) is 11.1 Å². The Morgan fingerprint density at radius 3 is 2.72 bits per heavy atom. The Labute approximate surface area is 171 Å². The lowest BCUT2D eigenvalue weighted by Gasteiger charge is -2.37. The highest BCUT2D eigenvalue weighted by Crippen LogP contribution is 2.43. The summed E-state index contributed by atoms with van der Waals surface area (Å²) in [5, 5.41) is 12.5. The zero-order valence-corrected chi connectivity index (χ0v) is 17.0. The van der Waals surface area contributed by atoms with Gasteiger partial charge in [-0.05, 0) is 61.4 Å². The van der Waals surface area contributed by atoms with E-state index >= 15 is 0 Å². The Kier molecular flexibility index (Phi) is 5.36. The van der Waals surface area contributed by atoms with E-state index in [0.717, 1.165) is 30.7 Å². The molecule has 7 heteroatoms. The van der Waals surface area contributed by atoms with Gasteiger partial charge in [0.1, 0.15) is 5.75 Å². The molecular formula is C22H29N3O4. The number of hydrogen-bond acceptors (Lipinski definition) is 5. The van der Waals surface area contributed by atoms with E-state index in [0.29, 0.717) is 25.9 Å². The maximum absolute atomic E-state index is 13.2. The largest absolute Gasteiger partial charge is 0.497 e. The van der Waals surface area contributed by atoms with Crippen LogP contribution in [0.4, 0.5) is 0 Å². The smallest absolute Gasteiger partial charge is 0.247 e. The second-order valence-electron chi connectivity index (χ2n) is 8.51. The van der Waals surface area contributed by atoms with E-state index in [1.807, 2.05) is 17.0 Å². The molecule has 1 saturated carbocycles. The first kappa shape index (κ1) is 19.9. The van der Waals surface area contributed by atoms with Crippen LogP contribution in [0.1, 0.15) is 36.8 Å². The summed E-state index contributed by atoms with van der Waals surface area (Å²) in [5.41, 5.74) is 5.35. The van der Waals surface area contributed by atoms with Crippen LogP contribution >= 0.6 is 0 Å². The summed E-state index contributed by atoms with van der Waals surface area (Å²) in [6.07, 6.45) is 5.08. The van der Waals surface area contributed by atoms with Gasteiger partial charge in [-0.15, -0.1) is 0 Å². The molecule has 2 amide bonds. The van der Waals surface area contributed by atoms with Gasteiger partial charge < -0.3 is 15.0 Å². The van der Waals surface area contributed by atoms with Crippen LogP contribution in [0.5, 0.6) is 5.75 Å². The molecule has 3 unspecified atom stereocenters. The van der Waals surface area contributed by atoms with Crippen LogP contribution in [0.15, 0.2) is 24.3 Å². The molecule has 1 aliphatic carbocycles. The van der Waals surface area contributed by atoms with E-state index in [4.69, 9.17) is 9.94 Å². The van der Waals surface area contributed by atoms with Crippen molar-refractivity contribution in [2.24, 2.45) is 11.8 Å². The maximum Gasteiger partial charge on any atom is 0.247 e. The highest BCUT2D eigenvalue weighted by molar-refractivity contribution is 5.88. The van der Waals surface area contributed by atoms with E-state index in [2.05, 4.69) is 24.4 Å². The predicted molar refractivity (Wildman–Crippen MR) is 108 cm³/mol. The van der Waals surface area contributed by atoms with Crippen molar-refractivity contribution in [1.82, 2.24) is 15.7 Å². The van der Waals surface area contributed by atoms with Crippen LogP contribution in [0.25, 0.3) is 5.57 Å². The number of rotatable bonds is 4. The zero-order valence-electron chi connectivity index (χ0n) is 17.0. The van der Waals surface area contributed by atoms with Gasteiger partial charge in [-0.25, -0.2) is 5.48 Å². The minimum Gasteiger partial charge on any atom is -0.497 e. The monoisotopic (exact) mass is 399 g/mol. The second kappa shape index (κ2) is 7.80. The molecule has 3 atom stereocenters. The van der Waals surface area contributed by atoms with Gasteiger partial charge in [-0.3, -0.25) is 14.8 Å². The molecule has 2 fully saturated rings. The van der Waals surface area contributed by atoms with Gasteiger partial charge in [-0.1, -0.05) is 12.1 Å². The van der Waals surface area contributed by atoms with Crippen molar-refractivity contribution in [2.75, 3.05) is 26.7 Å².